The van der Waals surface area contributed by atoms with E-state index in [2.05, 4.69) is 29.4 Å². The molecule has 2 nitrogen and oxygen atoms in total. The fraction of sp³-hybridized carbons (Fsp3) is 0.357. The van der Waals surface area contributed by atoms with Gasteiger partial charge in [-0.15, -0.1) is 11.3 Å². The zero-order valence-electron chi connectivity index (χ0n) is 10.6. The molecule has 1 atom stereocenters. The molecule has 0 radical (unpaired) electrons. The number of hydrogen-bond donors (Lipinski definition) is 1. The first kappa shape index (κ1) is 13.2. The number of aryl methyl sites for hydroxylation is 1. The summed E-state index contributed by atoms with van der Waals surface area (Å²) in [6, 6.07) is 5.93. The summed E-state index contributed by atoms with van der Waals surface area (Å²) < 4.78 is 13.1. The number of thiophene rings is 1. The number of rotatable bonds is 5. The number of nitrogens with one attached hydrogen (secondary N) is 1. The lowest BCUT2D eigenvalue weighted by Crippen LogP contribution is -2.17. The van der Waals surface area contributed by atoms with Gasteiger partial charge in [-0.1, -0.05) is 6.92 Å². The highest BCUT2D eigenvalue weighted by atomic mass is 32.1. The molecule has 4 heteroatoms. The number of nitrogens with zero attached hydrogens (tertiary/aromatic N) is 1. The molecule has 96 valence electrons. The van der Waals surface area contributed by atoms with Crippen molar-refractivity contribution in [3.8, 4) is 0 Å². The van der Waals surface area contributed by atoms with Crippen LogP contribution in [0.15, 0.2) is 30.6 Å². The molecule has 0 unspecified atom stereocenters. The van der Waals surface area contributed by atoms with Gasteiger partial charge < -0.3 is 5.32 Å². The van der Waals surface area contributed by atoms with Gasteiger partial charge in [0.05, 0.1) is 6.20 Å². The molecule has 2 heterocycles. The lowest BCUT2D eigenvalue weighted by Gasteiger charge is -2.13. The fourth-order valence-electron chi connectivity index (χ4n) is 1.74. The van der Waals surface area contributed by atoms with Gasteiger partial charge in [-0.2, -0.15) is 0 Å². The molecule has 0 fully saturated rings. The van der Waals surface area contributed by atoms with E-state index in [1.165, 1.54) is 22.0 Å². The summed E-state index contributed by atoms with van der Waals surface area (Å²) in [6.45, 7) is 4.98. The first-order valence-corrected chi connectivity index (χ1v) is 6.92. The van der Waals surface area contributed by atoms with E-state index in [1.807, 2.05) is 18.3 Å². The number of halogens is 1. The van der Waals surface area contributed by atoms with E-state index in [0.717, 1.165) is 18.5 Å². The summed E-state index contributed by atoms with van der Waals surface area (Å²) in [5, 5.41) is 3.38. The van der Waals surface area contributed by atoms with E-state index in [9.17, 15) is 4.39 Å². The Balaban J connectivity index is 1.93. The highest BCUT2D eigenvalue weighted by Crippen LogP contribution is 2.18. The summed E-state index contributed by atoms with van der Waals surface area (Å²) in [6.07, 6.45) is 4.00. The van der Waals surface area contributed by atoms with Crippen LogP contribution < -0.4 is 5.32 Å². The Labute approximate surface area is 111 Å². The summed E-state index contributed by atoms with van der Waals surface area (Å²) >= 11 is 1.82. The van der Waals surface area contributed by atoms with Gasteiger partial charge in [0.1, 0.15) is 5.82 Å². The molecule has 1 N–H and O–H groups in total. The van der Waals surface area contributed by atoms with Crippen LogP contribution in [0, 0.1) is 5.82 Å². The maximum absolute atomic E-state index is 13.1. The lowest BCUT2D eigenvalue weighted by molar-refractivity contribution is 0.564. The summed E-state index contributed by atoms with van der Waals surface area (Å²) in [5.41, 5.74) is 0.877. The Bertz CT molecular complexity index is 510. The second kappa shape index (κ2) is 6.07. The van der Waals surface area contributed by atoms with Crippen LogP contribution in [-0.2, 0) is 13.0 Å². The van der Waals surface area contributed by atoms with Crippen LogP contribution in [0.2, 0.25) is 0 Å². The van der Waals surface area contributed by atoms with Gasteiger partial charge in [0.15, 0.2) is 0 Å². The minimum Gasteiger partial charge on any atom is -0.305 e. The lowest BCUT2D eigenvalue weighted by atomic mass is 10.1. The van der Waals surface area contributed by atoms with Crippen LogP contribution >= 0.6 is 11.3 Å². The quantitative estimate of drug-likeness (QED) is 0.890. The van der Waals surface area contributed by atoms with Crippen molar-refractivity contribution in [2.75, 3.05) is 0 Å². The summed E-state index contributed by atoms with van der Waals surface area (Å²) in [5.74, 6) is -0.287. The van der Waals surface area contributed by atoms with Crippen molar-refractivity contribution in [1.82, 2.24) is 10.3 Å². The molecule has 0 aliphatic rings. The first-order chi connectivity index (χ1) is 8.69. The van der Waals surface area contributed by atoms with Crippen molar-refractivity contribution >= 4 is 11.3 Å². The number of aromatic nitrogens is 1. The molecule has 0 saturated carbocycles. The van der Waals surface area contributed by atoms with Gasteiger partial charge >= 0.3 is 0 Å². The standard InChI is InChI=1S/C14H17FN2S/c1-3-13-4-5-14(18-13)9-17-10(2)11-6-12(15)8-16-7-11/h4-8,10,17H,3,9H2,1-2H3/t10-/m0/s1. The zero-order valence-corrected chi connectivity index (χ0v) is 11.4. The predicted molar refractivity (Wildman–Crippen MR) is 73.1 cm³/mol. The second-order valence-corrected chi connectivity index (χ2v) is 5.51. The molecule has 2 rings (SSSR count). The zero-order chi connectivity index (χ0) is 13.0. The van der Waals surface area contributed by atoms with Crippen LogP contribution in [0.3, 0.4) is 0 Å². The third kappa shape index (κ3) is 3.37. The van der Waals surface area contributed by atoms with Crippen LogP contribution in [0.5, 0.6) is 0 Å². The minimum absolute atomic E-state index is 0.0976. The predicted octanol–water partition coefficient (Wildman–Crippen LogP) is 3.70. The molecule has 18 heavy (non-hydrogen) atoms. The highest BCUT2D eigenvalue weighted by molar-refractivity contribution is 7.11. The molecule has 0 bridgehead atoms. The van der Waals surface area contributed by atoms with Crippen LogP contribution in [0.25, 0.3) is 0 Å². The molecular formula is C14H17FN2S. The van der Waals surface area contributed by atoms with Gasteiger partial charge in [-0.3, -0.25) is 4.98 Å². The van der Waals surface area contributed by atoms with Gasteiger partial charge in [0, 0.05) is 28.5 Å². The minimum atomic E-state index is -0.287. The van der Waals surface area contributed by atoms with Crippen molar-refractivity contribution in [3.63, 3.8) is 0 Å². The average Bonchev–Trinajstić information content (AvgIpc) is 2.84. The molecule has 0 aliphatic carbocycles. The normalized spacial score (nSPS) is 12.6. The average molecular weight is 264 g/mol. The highest BCUT2D eigenvalue weighted by Gasteiger charge is 2.07. The van der Waals surface area contributed by atoms with Crippen molar-refractivity contribution in [2.24, 2.45) is 0 Å². The van der Waals surface area contributed by atoms with Gasteiger partial charge in [-0.25, -0.2) is 4.39 Å². The first-order valence-electron chi connectivity index (χ1n) is 6.10. The van der Waals surface area contributed by atoms with Crippen LogP contribution in [0.4, 0.5) is 4.39 Å². The van der Waals surface area contributed by atoms with Gasteiger partial charge in [0.25, 0.3) is 0 Å². The van der Waals surface area contributed by atoms with Crippen molar-refractivity contribution < 1.29 is 4.39 Å². The van der Waals surface area contributed by atoms with Crippen molar-refractivity contribution in [2.45, 2.75) is 32.9 Å². The molecule has 2 aromatic heterocycles. The summed E-state index contributed by atoms with van der Waals surface area (Å²) in [4.78, 5) is 6.57. The Morgan fingerprint density at radius 3 is 2.78 bits per heavy atom. The van der Waals surface area contributed by atoms with Crippen LogP contribution in [0.1, 0.15) is 35.2 Å². The van der Waals surface area contributed by atoms with E-state index in [-0.39, 0.29) is 11.9 Å². The Morgan fingerprint density at radius 1 is 1.33 bits per heavy atom. The largest absolute Gasteiger partial charge is 0.305 e. The fourth-order valence-corrected chi connectivity index (χ4v) is 2.65. The van der Waals surface area contributed by atoms with E-state index >= 15 is 0 Å². The number of pyridine rings is 1. The monoisotopic (exact) mass is 264 g/mol. The SMILES string of the molecule is CCc1ccc(CN[C@@H](C)c2cncc(F)c2)s1. The molecule has 2 aromatic rings. The van der Waals surface area contributed by atoms with Crippen molar-refractivity contribution in [3.05, 3.63) is 51.7 Å². The van der Waals surface area contributed by atoms with Gasteiger partial charge in [0.2, 0.25) is 0 Å². The van der Waals surface area contributed by atoms with E-state index in [1.54, 1.807) is 6.20 Å². The molecule has 0 aliphatic heterocycles. The maximum Gasteiger partial charge on any atom is 0.141 e. The summed E-state index contributed by atoms with van der Waals surface area (Å²) in [7, 11) is 0. The van der Waals surface area contributed by atoms with E-state index in [0.29, 0.717) is 0 Å². The smallest absolute Gasteiger partial charge is 0.141 e. The van der Waals surface area contributed by atoms with Crippen LogP contribution in [-0.4, -0.2) is 4.98 Å². The topological polar surface area (TPSA) is 24.9 Å². The number of hydrogen-bond acceptors (Lipinski definition) is 3. The Kier molecular flexibility index (Phi) is 4.44. The Hall–Kier alpha value is -1.26. The molecular weight excluding hydrogens is 247 g/mol. The molecule has 0 saturated heterocycles. The van der Waals surface area contributed by atoms with E-state index < -0.39 is 0 Å². The van der Waals surface area contributed by atoms with Crippen molar-refractivity contribution in [1.29, 1.82) is 0 Å². The molecule has 0 aromatic carbocycles. The second-order valence-electron chi connectivity index (χ2n) is 4.26. The molecule has 0 spiro atoms. The molecule has 0 amide bonds. The Morgan fingerprint density at radius 2 is 2.11 bits per heavy atom. The third-order valence-electron chi connectivity index (χ3n) is 2.87. The maximum atomic E-state index is 13.1. The van der Waals surface area contributed by atoms with Gasteiger partial charge in [-0.05, 0) is 37.1 Å². The third-order valence-corrected chi connectivity index (χ3v) is 4.10. The van der Waals surface area contributed by atoms with E-state index in [4.69, 9.17) is 0 Å².